The fourth-order valence-corrected chi connectivity index (χ4v) is 5.15. The van der Waals surface area contributed by atoms with Gasteiger partial charge in [0, 0.05) is 12.2 Å². The van der Waals surface area contributed by atoms with Crippen molar-refractivity contribution in [2.24, 2.45) is 0 Å². The number of fused-ring (bicyclic) bond motifs is 2. The lowest BCUT2D eigenvalue weighted by atomic mass is 10.0. The lowest BCUT2D eigenvalue weighted by Gasteiger charge is -2.29. The van der Waals surface area contributed by atoms with E-state index >= 15 is 0 Å². The lowest BCUT2D eigenvalue weighted by Crippen LogP contribution is -2.36. The first-order valence-corrected chi connectivity index (χ1v) is 11.8. The third-order valence-corrected chi connectivity index (χ3v) is 6.82. The molecule has 5 nitrogen and oxygen atoms in total. The van der Waals surface area contributed by atoms with Crippen molar-refractivity contribution >= 4 is 45.9 Å². The molecule has 4 aromatic rings. The number of carbonyl (C=O) groups is 1. The summed E-state index contributed by atoms with van der Waals surface area (Å²) in [5.74, 6) is 0.166. The second-order valence-corrected chi connectivity index (χ2v) is 8.92. The van der Waals surface area contributed by atoms with Crippen LogP contribution in [-0.4, -0.2) is 27.8 Å². The predicted molar refractivity (Wildman–Crippen MR) is 130 cm³/mol. The number of nitrogens with zero attached hydrogens (tertiary/aromatic N) is 3. The zero-order valence-electron chi connectivity index (χ0n) is 17.2. The molecule has 32 heavy (non-hydrogen) atoms. The number of rotatable bonds is 4. The molecule has 0 N–H and O–H groups in total. The molecule has 0 aliphatic carbocycles. The zero-order chi connectivity index (χ0) is 22.1. The van der Waals surface area contributed by atoms with Gasteiger partial charge in [-0.3, -0.25) is 14.2 Å². The minimum Gasteiger partial charge on any atom is -0.311 e. The zero-order valence-corrected chi connectivity index (χ0v) is 18.8. The SMILES string of the molecule is O=C(CSc1nc2ccccc2c(=O)n1-c1ccccc1Cl)N1CCCc2ccccc21. The lowest BCUT2D eigenvalue weighted by molar-refractivity contribution is -0.116. The summed E-state index contributed by atoms with van der Waals surface area (Å²) >= 11 is 7.68. The Bertz CT molecular complexity index is 1390. The topological polar surface area (TPSA) is 55.2 Å². The average molecular weight is 462 g/mol. The van der Waals surface area contributed by atoms with Gasteiger partial charge in [0.2, 0.25) is 5.91 Å². The molecule has 3 aromatic carbocycles. The number of amides is 1. The Kier molecular flexibility index (Phi) is 5.72. The standard InChI is InChI=1S/C25H20ClN3O2S/c26-19-11-3-6-14-22(19)29-24(31)18-10-2-4-12-20(18)27-25(29)32-16-23(30)28-15-7-9-17-8-1-5-13-21(17)28/h1-6,8,10-14H,7,9,15-16H2. The Labute approximate surface area is 194 Å². The molecule has 0 atom stereocenters. The van der Waals surface area contributed by atoms with Crippen LogP contribution in [0, 0.1) is 0 Å². The molecule has 0 bridgehead atoms. The summed E-state index contributed by atoms with van der Waals surface area (Å²) < 4.78 is 1.51. The van der Waals surface area contributed by atoms with Crippen molar-refractivity contribution in [2.45, 2.75) is 18.0 Å². The van der Waals surface area contributed by atoms with E-state index in [1.165, 1.54) is 21.9 Å². The molecule has 0 fully saturated rings. The van der Waals surface area contributed by atoms with E-state index in [0.717, 1.165) is 18.5 Å². The van der Waals surface area contributed by atoms with Crippen molar-refractivity contribution in [1.82, 2.24) is 9.55 Å². The van der Waals surface area contributed by atoms with Gasteiger partial charge in [-0.25, -0.2) is 4.98 Å². The second kappa shape index (κ2) is 8.81. The van der Waals surface area contributed by atoms with Gasteiger partial charge in [-0.1, -0.05) is 65.8 Å². The normalized spacial score (nSPS) is 13.2. The van der Waals surface area contributed by atoms with Gasteiger partial charge in [-0.2, -0.15) is 0 Å². The number of hydrogen-bond donors (Lipinski definition) is 0. The average Bonchev–Trinajstić information content (AvgIpc) is 2.83. The molecule has 0 spiro atoms. The maximum Gasteiger partial charge on any atom is 0.266 e. The van der Waals surface area contributed by atoms with Gasteiger partial charge in [0.1, 0.15) is 0 Å². The summed E-state index contributed by atoms with van der Waals surface area (Å²) in [6.07, 6.45) is 1.91. The van der Waals surface area contributed by atoms with Crippen LogP contribution in [0.4, 0.5) is 5.69 Å². The monoisotopic (exact) mass is 461 g/mol. The number of thioether (sulfide) groups is 1. The number of carbonyl (C=O) groups excluding carboxylic acids is 1. The molecule has 0 radical (unpaired) electrons. The smallest absolute Gasteiger partial charge is 0.266 e. The van der Waals surface area contributed by atoms with E-state index < -0.39 is 0 Å². The van der Waals surface area contributed by atoms with Gasteiger partial charge < -0.3 is 4.90 Å². The summed E-state index contributed by atoms with van der Waals surface area (Å²) in [6, 6.07) is 22.4. The van der Waals surface area contributed by atoms with Crippen molar-refractivity contribution in [1.29, 1.82) is 0 Å². The molecule has 2 heterocycles. The first-order valence-electron chi connectivity index (χ1n) is 10.4. The van der Waals surface area contributed by atoms with Gasteiger partial charge in [0.15, 0.2) is 5.16 Å². The van der Waals surface area contributed by atoms with E-state index in [1.54, 1.807) is 24.3 Å². The van der Waals surface area contributed by atoms with Gasteiger partial charge >= 0.3 is 0 Å². The van der Waals surface area contributed by atoms with Crippen LogP contribution in [0.15, 0.2) is 82.7 Å². The number of anilines is 1. The fraction of sp³-hybridized carbons (Fsp3) is 0.160. The van der Waals surface area contributed by atoms with Gasteiger partial charge in [0.25, 0.3) is 5.56 Å². The van der Waals surface area contributed by atoms with Crippen LogP contribution in [0.5, 0.6) is 0 Å². The minimum absolute atomic E-state index is 0.00438. The Morgan fingerprint density at radius 3 is 2.53 bits per heavy atom. The number of aromatic nitrogens is 2. The number of aryl methyl sites for hydroxylation is 1. The maximum atomic E-state index is 13.4. The molecular formula is C25H20ClN3O2S. The highest BCUT2D eigenvalue weighted by Gasteiger charge is 2.23. The molecular weight excluding hydrogens is 442 g/mol. The van der Waals surface area contributed by atoms with Crippen LogP contribution in [-0.2, 0) is 11.2 Å². The first kappa shape index (κ1) is 20.8. The molecule has 7 heteroatoms. The van der Waals surface area contributed by atoms with Crippen LogP contribution < -0.4 is 10.5 Å². The van der Waals surface area contributed by atoms with Crippen molar-refractivity contribution in [3.63, 3.8) is 0 Å². The highest BCUT2D eigenvalue weighted by atomic mass is 35.5. The Morgan fingerprint density at radius 1 is 0.969 bits per heavy atom. The van der Waals surface area contributed by atoms with Crippen LogP contribution in [0.1, 0.15) is 12.0 Å². The highest BCUT2D eigenvalue weighted by molar-refractivity contribution is 7.99. The quantitative estimate of drug-likeness (QED) is 0.313. The largest absolute Gasteiger partial charge is 0.311 e. The molecule has 1 aromatic heterocycles. The van der Waals surface area contributed by atoms with Gasteiger partial charge in [0.05, 0.1) is 27.4 Å². The predicted octanol–water partition coefficient (Wildman–Crippen LogP) is 5.11. The third-order valence-electron chi connectivity index (χ3n) is 5.57. The van der Waals surface area contributed by atoms with E-state index in [9.17, 15) is 9.59 Å². The Balaban J connectivity index is 1.52. The van der Waals surface area contributed by atoms with Crippen molar-refractivity contribution in [2.75, 3.05) is 17.2 Å². The fourth-order valence-electron chi connectivity index (χ4n) is 4.05. The second-order valence-electron chi connectivity index (χ2n) is 7.57. The van der Waals surface area contributed by atoms with E-state index in [2.05, 4.69) is 6.07 Å². The van der Waals surface area contributed by atoms with Crippen molar-refractivity contribution in [3.05, 3.63) is 93.7 Å². The van der Waals surface area contributed by atoms with E-state index in [4.69, 9.17) is 16.6 Å². The van der Waals surface area contributed by atoms with Crippen LogP contribution in [0.3, 0.4) is 0 Å². The number of para-hydroxylation sites is 3. The van der Waals surface area contributed by atoms with E-state index in [1.807, 2.05) is 47.4 Å². The molecule has 0 saturated carbocycles. The van der Waals surface area contributed by atoms with E-state index in [0.29, 0.717) is 33.3 Å². The maximum absolute atomic E-state index is 13.4. The van der Waals surface area contributed by atoms with Crippen molar-refractivity contribution in [3.8, 4) is 5.69 Å². The summed E-state index contributed by atoms with van der Waals surface area (Å²) in [5, 5.41) is 1.40. The summed E-state index contributed by atoms with van der Waals surface area (Å²) in [5.41, 5.74) is 3.10. The van der Waals surface area contributed by atoms with Gasteiger partial charge in [-0.15, -0.1) is 0 Å². The summed E-state index contributed by atoms with van der Waals surface area (Å²) in [7, 11) is 0. The highest BCUT2D eigenvalue weighted by Crippen LogP contribution is 2.29. The van der Waals surface area contributed by atoms with Gasteiger partial charge in [-0.05, 0) is 48.7 Å². The third kappa shape index (κ3) is 3.80. The van der Waals surface area contributed by atoms with Crippen LogP contribution in [0.25, 0.3) is 16.6 Å². The Hall–Kier alpha value is -3.09. The molecule has 0 saturated heterocycles. The summed E-state index contributed by atoms with van der Waals surface area (Å²) in [4.78, 5) is 33.1. The summed E-state index contributed by atoms with van der Waals surface area (Å²) in [6.45, 7) is 0.693. The Morgan fingerprint density at radius 2 is 1.69 bits per heavy atom. The molecule has 160 valence electrons. The molecule has 1 aliphatic heterocycles. The first-order chi connectivity index (χ1) is 15.6. The molecule has 1 amide bonds. The minimum atomic E-state index is -0.207. The number of benzene rings is 3. The molecule has 5 rings (SSSR count). The van der Waals surface area contributed by atoms with Crippen LogP contribution >= 0.6 is 23.4 Å². The number of hydrogen-bond acceptors (Lipinski definition) is 4. The van der Waals surface area contributed by atoms with E-state index in [-0.39, 0.29) is 17.2 Å². The molecule has 0 unspecified atom stereocenters. The van der Waals surface area contributed by atoms with Crippen molar-refractivity contribution < 1.29 is 4.79 Å². The number of halogens is 1. The molecule has 1 aliphatic rings. The van der Waals surface area contributed by atoms with Crippen LogP contribution in [0.2, 0.25) is 5.02 Å².